The predicted molar refractivity (Wildman–Crippen MR) is 92.1 cm³/mol. The molecule has 112 valence electrons. The van der Waals surface area contributed by atoms with Crippen LogP contribution in [-0.2, 0) is 4.74 Å². The molecule has 0 unspecified atom stereocenters. The summed E-state index contributed by atoms with van der Waals surface area (Å²) in [5.41, 5.74) is 3.79. The molecule has 22 heavy (non-hydrogen) atoms. The van der Waals surface area contributed by atoms with Crippen LogP contribution < -0.4 is 4.90 Å². The summed E-state index contributed by atoms with van der Waals surface area (Å²) in [6.45, 7) is 3.64. The summed E-state index contributed by atoms with van der Waals surface area (Å²) in [5, 5.41) is 2.25. The molecule has 4 rings (SSSR count). The molecule has 0 radical (unpaired) electrons. The van der Waals surface area contributed by atoms with Crippen LogP contribution in [-0.4, -0.2) is 30.9 Å². The van der Waals surface area contributed by atoms with E-state index in [1.807, 2.05) is 23.5 Å². The van der Waals surface area contributed by atoms with E-state index in [1.165, 1.54) is 21.8 Å². The minimum atomic E-state index is 0.830. The molecule has 1 aliphatic rings. The standard InChI is InChI=1S/C18H18N2OS/c1-2-8-19(7-1)16-5-3-15(4-6-16)18-13-17(14-22-18)20-9-11-21-12-10-20/h1-8,13-14H,9-12H2. The maximum atomic E-state index is 5.42. The zero-order valence-electron chi connectivity index (χ0n) is 12.3. The van der Waals surface area contributed by atoms with Crippen molar-refractivity contribution in [1.29, 1.82) is 0 Å². The third kappa shape index (κ3) is 2.67. The Kier molecular flexibility index (Phi) is 3.70. The van der Waals surface area contributed by atoms with E-state index in [9.17, 15) is 0 Å². The molecule has 0 bridgehead atoms. The van der Waals surface area contributed by atoms with E-state index in [-0.39, 0.29) is 0 Å². The molecule has 2 aromatic heterocycles. The Morgan fingerprint density at radius 1 is 0.909 bits per heavy atom. The highest BCUT2D eigenvalue weighted by Gasteiger charge is 2.13. The molecule has 4 heteroatoms. The lowest BCUT2D eigenvalue weighted by Crippen LogP contribution is -2.35. The molecule has 0 N–H and O–H groups in total. The van der Waals surface area contributed by atoms with Gasteiger partial charge < -0.3 is 14.2 Å². The molecule has 0 amide bonds. The molecule has 0 atom stereocenters. The molecule has 0 spiro atoms. The second-order valence-corrected chi connectivity index (χ2v) is 6.32. The van der Waals surface area contributed by atoms with Gasteiger partial charge in [-0.1, -0.05) is 12.1 Å². The van der Waals surface area contributed by atoms with Gasteiger partial charge in [-0.3, -0.25) is 0 Å². The Balaban J connectivity index is 1.55. The smallest absolute Gasteiger partial charge is 0.0642 e. The summed E-state index contributed by atoms with van der Waals surface area (Å²) in [7, 11) is 0. The fourth-order valence-electron chi connectivity index (χ4n) is 2.77. The molecule has 1 fully saturated rings. The van der Waals surface area contributed by atoms with Crippen LogP contribution in [0.4, 0.5) is 5.69 Å². The van der Waals surface area contributed by atoms with Crippen molar-refractivity contribution in [2.45, 2.75) is 0 Å². The second-order valence-electron chi connectivity index (χ2n) is 5.41. The van der Waals surface area contributed by atoms with Crippen molar-refractivity contribution >= 4 is 17.0 Å². The maximum Gasteiger partial charge on any atom is 0.0642 e. The van der Waals surface area contributed by atoms with Crippen LogP contribution in [0.1, 0.15) is 0 Å². The molecule has 1 aromatic carbocycles. The molecular weight excluding hydrogens is 292 g/mol. The summed E-state index contributed by atoms with van der Waals surface area (Å²) in [6.07, 6.45) is 4.13. The minimum Gasteiger partial charge on any atom is -0.378 e. The highest BCUT2D eigenvalue weighted by molar-refractivity contribution is 7.14. The van der Waals surface area contributed by atoms with Crippen LogP contribution in [0.25, 0.3) is 16.1 Å². The summed E-state index contributed by atoms with van der Waals surface area (Å²) >= 11 is 1.81. The fraction of sp³-hybridized carbons (Fsp3) is 0.222. The highest BCUT2D eigenvalue weighted by Crippen LogP contribution is 2.32. The van der Waals surface area contributed by atoms with E-state index in [1.54, 1.807) is 0 Å². The molecule has 0 aliphatic carbocycles. The van der Waals surface area contributed by atoms with Crippen LogP contribution in [0, 0.1) is 0 Å². The molecule has 3 aromatic rings. The van der Waals surface area contributed by atoms with Crippen LogP contribution in [0.5, 0.6) is 0 Å². The van der Waals surface area contributed by atoms with Crippen molar-refractivity contribution < 1.29 is 4.74 Å². The van der Waals surface area contributed by atoms with Crippen LogP contribution in [0.2, 0.25) is 0 Å². The quantitative estimate of drug-likeness (QED) is 0.726. The molecule has 3 nitrogen and oxygen atoms in total. The van der Waals surface area contributed by atoms with E-state index in [0.29, 0.717) is 0 Å². The van der Waals surface area contributed by atoms with Gasteiger partial charge in [0.1, 0.15) is 0 Å². The van der Waals surface area contributed by atoms with Gasteiger partial charge in [-0.2, -0.15) is 0 Å². The average Bonchev–Trinajstić information content (AvgIpc) is 3.28. The van der Waals surface area contributed by atoms with E-state index in [0.717, 1.165) is 26.3 Å². The number of nitrogens with zero attached hydrogens (tertiary/aromatic N) is 2. The molecule has 0 saturated carbocycles. The number of ether oxygens (including phenoxy) is 1. The largest absolute Gasteiger partial charge is 0.378 e. The third-order valence-electron chi connectivity index (χ3n) is 4.02. The average molecular weight is 310 g/mol. The number of hydrogen-bond donors (Lipinski definition) is 0. The van der Waals surface area contributed by atoms with Crippen molar-refractivity contribution in [2.75, 3.05) is 31.2 Å². The molecule has 1 saturated heterocycles. The number of aromatic nitrogens is 1. The number of thiophene rings is 1. The summed E-state index contributed by atoms with van der Waals surface area (Å²) in [6, 6.07) is 15.1. The number of benzene rings is 1. The van der Waals surface area contributed by atoms with E-state index < -0.39 is 0 Å². The normalized spacial score (nSPS) is 15.2. The number of morpholine rings is 1. The second kappa shape index (κ2) is 5.99. The zero-order chi connectivity index (χ0) is 14.8. The lowest BCUT2D eigenvalue weighted by molar-refractivity contribution is 0.123. The zero-order valence-corrected chi connectivity index (χ0v) is 13.1. The van der Waals surface area contributed by atoms with Crippen molar-refractivity contribution in [3.63, 3.8) is 0 Å². The van der Waals surface area contributed by atoms with Gasteiger partial charge in [-0.25, -0.2) is 0 Å². The van der Waals surface area contributed by atoms with Gasteiger partial charge in [0.2, 0.25) is 0 Å². The Hall–Kier alpha value is -2.04. The van der Waals surface area contributed by atoms with E-state index in [2.05, 4.69) is 57.6 Å². The van der Waals surface area contributed by atoms with Crippen molar-refractivity contribution in [3.05, 3.63) is 60.2 Å². The number of anilines is 1. The van der Waals surface area contributed by atoms with Crippen LogP contribution in [0.15, 0.2) is 60.2 Å². The molecule has 1 aliphatic heterocycles. The first-order chi connectivity index (χ1) is 10.9. The van der Waals surface area contributed by atoms with Gasteiger partial charge in [0.15, 0.2) is 0 Å². The monoisotopic (exact) mass is 310 g/mol. The van der Waals surface area contributed by atoms with Gasteiger partial charge in [-0.05, 0) is 35.9 Å². The lowest BCUT2D eigenvalue weighted by Gasteiger charge is -2.27. The summed E-state index contributed by atoms with van der Waals surface area (Å²) < 4.78 is 7.54. The van der Waals surface area contributed by atoms with Crippen molar-refractivity contribution in [3.8, 4) is 16.1 Å². The maximum absolute atomic E-state index is 5.42. The predicted octanol–water partition coefficient (Wildman–Crippen LogP) is 4.04. The first-order valence-electron chi connectivity index (χ1n) is 7.55. The first kappa shape index (κ1) is 13.6. The van der Waals surface area contributed by atoms with Crippen LogP contribution >= 0.6 is 11.3 Å². The van der Waals surface area contributed by atoms with Crippen molar-refractivity contribution in [2.24, 2.45) is 0 Å². The van der Waals surface area contributed by atoms with Gasteiger partial charge in [0.25, 0.3) is 0 Å². The van der Waals surface area contributed by atoms with Gasteiger partial charge in [-0.15, -0.1) is 11.3 Å². The lowest BCUT2D eigenvalue weighted by atomic mass is 10.1. The Morgan fingerprint density at radius 3 is 2.36 bits per heavy atom. The minimum absolute atomic E-state index is 0.830. The van der Waals surface area contributed by atoms with Crippen molar-refractivity contribution in [1.82, 2.24) is 4.57 Å². The van der Waals surface area contributed by atoms with E-state index >= 15 is 0 Å². The van der Waals surface area contributed by atoms with Gasteiger partial charge >= 0.3 is 0 Å². The summed E-state index contributed by atoms with van der Waals surface area (Å²) in [5.74, 6) is 0. The fourth-order valence-corrected chi connectivity index (χ4v) is 3.70. The summed E-state index contributed by atoms with van der Waals surface area (Å²) in [4.78, 5) is 3.72. The Bertz CT molecular complexity index is 725. The Labute approximate surface area is 134 Å². The Morgan fingerprint density at radius 2 is 1.64 bits per heavy atom. The first-order valence-corrected chi connectivity index (χ1v) is 8.43. The van der Waals surface area contributed by atoms with E-state index in [4.69, 9.17) is 4.74 Å². The van der Waals surface area contributed by atoms with Crippen LogP contribution in [0.3, 0.4) is 0 Å². The highest BCUT2D eigenvalue weighted by atomic mass is 32.1. The molecular formula is C18H18N2OS. The SMILES string of the molecule is c1ccn(-c2ccc(-c3cc(N4CCOCC4)cs3)cc2)c1. The molecule has 3 heterocycles. The van der Waals surface area contributed by atoms with Gasteiger partial charge in [0, 0.05) is 47.1 Å². The topological polar surface area (TPSA) is 17.4 Å². The third-order valence-corrected chi connectivity index (χ3v) is 4.98. The van der Waals surface area contributed by atoms with Gasteiger partial charge in [0.05, 0.1) is 13.2 Å². The number of hydrogen-bond acceptors (Lipinski definition) is 3. The number of rotatable bonds is 3.